The van der Waals surface area contributed by atoms with Gasteiger partial charge in [-0.3, -0.25) is 0 Å². The Morgan fingerprint density at radius 2 is 2.06 bits per heavy atom. The number of benzene rings is 1. The number of halogens is 1. The summed E-state index contributed by atoms with van der Waals surface area (Å²) in [5.74, 6) is 0.796. The molecule has 0 aliphatic rings. The van der Waals surface area contributed by atoms with Crippen LogP contribution in [0.25, 0.3) is 0 Å². The van der Waals surface area contributed by atoms with Crippen molar-refractivity contribution in [2.24, 2.45) is 5.73 Å². The van der Waals surface area contributed by atoms with Crippen LogP contribution < -0.4 is 10.5 Å². The third kappa shape index (κ3) is 3.70. The predicted molar refractivity (Wildman–Crippen MR) is 70.7 cm³/mol. The zero-order valence-corrected chi connectivity index (χ0v) is 10.8. The van der Waals surface area contributed by atoms with Crippen LogP contribution >= 0.6 is 22.9 Å². The van der Waals surface area contributed by atoms with Gasteiger partial charge in [0.2, 0.25) is 0 Å². The lowest BCUT2D eigenvalue weighted by Gasteiger charge is -2.03. The van der Waals surface area contributed by atoms with Gasteiger partial charge in [-0.05, 0) is 30.8 Å². The summed E-state index contributed by atoms with van der Waals surface area (Å²) in [5.41, 5.74) is 6.50. The topological polar surface area (TPSA) is 48.1 Å². The molecular formula is C12H13ClN2OS. The molecule has 0 aliphatic carbocycles. The quantitative estimate of drug-likeness (QED) is 0.907. The van der Waals surface area contributed by atoms with E-state index in [0.29, 0.717) is 18.2 Å². The number of aromatic nitrogens is 1. The Labute approximate surface area is 109 Å². The maximum atomic E-state index is 5.79. The molecule has 0 spiro atoms. The lowest BCUT2D eigenvalue weighted by molar-refractivity contribution is 0.305. The summed E-state index contributed by atoms with van der Waals surface area (Å²) < 4.78 is 5.60. The largest absolute Gasteiger partial charge is 0.486 e. The summed E-state index contributed by atoms with van der Waals surface area (Å²) in [6.07, 6.45) is 0.817. The van der Waals surface area contributed by atoms with E-state index in [2.05, 4.69) is 4.98 Å². The monoisotopic (exact) mass is 268 g/mol. The average Bonchev–Trinajstić information content (AvgIpc) is 2.77. The zero-order valence-electron chi connectivity index (χ0n) is 9.23. The van der Waals surface area contributed by atoms with Gasteiger partial charge in [0.25, 0.3) is 0 Å². The van der Waals surface area contributed by atoms with Crippen LogP contribution in [0.5, 0.6) is 5.75 Å². The first-order valence-electron chi connectivity index (χ1n) is 5.29. The molecule has 0 saturated heterocycles. The molecule has 1 aromatic carbocycles. The second-order valence-corrected chi connectivity index (χ2v) is 4.89. The van der Waals surface area contributed by atoms with Gasteiger partial charge in [0.15, 0.2) is 0 Å². The zero-order chi connectivity index (χ0) is 12.1. The summed E-state index contributed by atoms with van der Waals surface area (Å²) in [6, 6.07) is 7.30. The Morgan fingerprint density at radius 1 is 1.29 bits per heavy atom. The van der Waals surface area contributed by atoms with Crippen LogP contribution in [0.2, 0.25) is 5.02 Å². The molecule has 90 valence electrons. The van der Waals surface area contributed by atoms with E-state index in [-0.39, 0.29) is 0 Å². The predicted octanol–water partition coefficient (Wildman–Crippen LogP) is 2.88. The number of nitrogens with zero attached hydrogens (tertiary/aromatic N) is 1. The molecule has 1 heterocycles. The van der Waals surface area contributed by atoms with Crippen LogP contribution in [0.1, 0.15) is 10.7 Å². The highest BCUT2D eigenvalue weighted by molar-refractivity contribution is 7.09. The van der Waals surface area contributed by atoms with Gasteiger partial charge < -0.3 is 10.5 Å². The van der Waals surface area contributed by atoms with Crippen molar-refractivity contribution in [2.45, 2.75) is 13.0 Å². The highest BCUT2D eigenvalue weighted by Crippen LogP contribution is 2.18. The highest BCUT2D eigenvalue weighted by Gasteiger charge is 2.02. The minimum absolute atomic E-state index is 0.483. The van der Waals surface area contributed by atoms with E-state index < -0.39 is 0 Å². The summed E-state index contributed by atoms with van der Waals surface area (Å²) in [6.45, 7) is 1.11. The van der Waals surface area contributed by atoms with Gasteiger partial charge in [0, 0.05) is 16.8 Å². The van der Waals surface area contributed by atoms with Crippen molar-refractivity contribution in [3.8, 4) is 5.75 Å². The van der Waals surface area contributed by atoms with E-state index >= 15 is 0 Å². The molecule has 2 N–H and O–H groups in total. The van der Waals surface area contributed by atoms with Gasteiger partial charge in [0.05, 0.1) is 5.69 Å². The number of nitrogens with two attached hydrogens (primary N) is 1. The summed E-state index contributed by atoms with van der Waals surface area (Å²) >= 11 is 7.38. The Bertz CT molecular complexity index is 470. The van der Waals surface area contributed by atoms with Crippen molar-refractivity contribution in [1.82, 2.24) is 4.98 Å². The van der Waals surface area contributed by atoms with Gasteiger partial charge in [-0.2, -0.15) is 0 Å². The molecule has 3 nitrogen and oxygen atoms in total. The molecule has 0 atom stereocenters. The lowest BCUT2D eigenvalue weighted by Crippen LogP contribution is -2.03. The Morgan fingerprint density at radius 3 is 2.76 bits per heavy atom. The number of rotatable bonds is 5. The maximum Gasteiger partial charge on any atom is 0.140 e. The first-order chi connectivity index (χ1) is 8.28. The molecule has 0 fully saturated rings. The van der Waals surface area contributed by atoms with Crippen molar-refractivity contribution in [2.75, 3.05) is 6.54 Å². The summed E-state index contributed by atoms with van der Waals surface area (Å²) in [4.78, 5) is 4.42. The Hall–Kier alpha value is -1.10. The van der Waals surface area contributed by atoms with Crippen LogP contribution in [0.4, 0.5) is 0 Å². The van der Waals surface area contributed by atoms with Crippen molar-refractivity contribution in [1.29, 1.82) is 0 Å². The molecule has 0 unspecified atom stereocenters. The number of thiazole rings is 1. The standard InChI is InChI=1S/C12H13ClN2OS/c13-9-1-3-11(4-2-9)16-7-12-15-10(5-6-14)8-17-12/h1-4,8H,5-7,14H2. The lowest BCUT2D eigenvalue weighted by atomic mass is 10.3. The molecule has 5 heteroatoms. The fraction of sp³-hybridized carbons (Fsp3) is 0.250. The van der Waals surface area contributed by atoms with E-state index in [1.54, 1.807) is 23.5 Å². The molecule has 17 heavy (non-hydrogen) atoms. The SMILES string of the molecule is NCCc1csc(COc2ccc(Cl)cc2)n1. The van der Waals surface area contributed by atoms with Gasteiger partial charge in [-0.1, -0.05) is 11.6 Å². The number of hydrogen-bond donors (Lipinski definition) is 1. The Kier molecular flexibility index (Phi) is 4.36. The highest BCUT2D eigenvalue weighted by atomic mass is 35.5. The van der Waals surface area contributed by atoms with Crippen LogP contribution in [0.3, 0.4) is 0 Å². The minimum Gasteiger partial charge on any atom is -0.486 e. The van der Waals surface area contributed by atoms with Gasteiger partial charge in [-0.15, -0.1) is 11.3 Å². The molecule has 0 saturated carbocycles. The minimum atomic E-state index is 0.483. The molecule has 2 aromatic rings. The van der Waals surface area contributed by atoms with E-state index in [4.69, 9.17) is 22.1 Å². The Balaban J connectivity index is 1.90. The summed E-state index contributed by atoms with van der Waals surface area (Å²) in [7, 11) is 0. The smallest absolute Gasteiger partial charge is 0.140 e. The van der Waals surface area contributed by atoms with Crippen LogP contribution in [-0.2, 0) is 13.0 Å². The number of ether oxygens (including phenoxy) is 1. The van der Waals surface area contributed by atoms with Gasteiger partial charge in [0.1, 0.15) is 17.4 Å². The molecule has 0 aliphatic heterocycles. The van der Waals surface area contributed by atoms with E-state index in [1.807, 2.05) is 17.5 Å². The normalized spacial score (nSPS) is 10.5. The maximum absolute atomic E-state index is 5.79. The summed E-state index contributed by atoms with van der Waals surface area (Å²) in [5, 5.41) is 3.69. The van der Waals surface area contributed by atoms with E-state index in [0.717, 1.165) is 22.9 Å². The van der Waals surface area contributed by atoms with Gasteiger partial charge in [-0.25, -0.2) is 4.98 Å². The van der Waals surface area contributed by atoms with E-state index in [1.165, 1.54) is 0 Å². The van der Waals surface area contributed by atoms with Crippen LogP contribution in [-0.4, -0.2) is 11.5 Å². The first kappa shape index (κ1) is 12.4. The molecule has 1 aromatic heterocycles. The van der Waals surface area contributed by atoms with Crippen molar-refractivity contribution >= 4 is 22.9 Å². The van der Waals surface area contributed by atoms with Crippen molar-refractivity contribution in [3.05, 3.63) is 45.4 Å². The molecule has 0 bridgehead atoms. The van der Waals surface area contributed by atoms with Gasteiger partial charge >= 0.3 is 0 Å². The third-order valence-corrected chi connectivity index (χ3v) is 3.30. The van der Waals surface area contributed by atoms with Crippen LogP contribution in [0.15, 0.2) is 29.6 Å². The van der Waals surface area contributed by atoms with Crippen molar-refractivity contribution < 1.29 is 4.74 Å². The fourth-order valence-corrected chi connectivity index (χ4v) is 2.22. The number of hydrogen-bond acceptors (Lipinski definition) is 4. The third-order valence-electron chi connectivity index (χ3n) is 2.18. The molecule has 0 radical (unpaired) electrons. The van der Waals surface area contributed by atoms with E-state index in [9.17, 15) is 0 Å². The molecule has 2 rings (SSSR count). The van der Waals surface area contributed by atoms with Crippen molar-refractivity contribution in [3.63, 3.8) is 0 Å². The second kappa shape index (κ2) is 6.00. The molecular weight excluding hydrogens is 256 g/mol. The van der Waals surface area contributed by atoms with Crippen LogP contribution in [0, 0.1) is 0 Å². The fourth-order valence-electron chi connectivity index (χ4n) is 1.35. The average molecular weight is 269 g/mol. The second-order valence-electron chi connectivity index (χ2n) is 3.51. The first-order valence-corrected chi connectivity index (χ1v) is 6.55. The molecule has 0 amide bonds.